The van der Waals surface area contributed by atoms with E-state index in [2.05, 4.69) is 4.99 Å². The lowest BCUT2D eigenvalue weighted by molar-refractivity contribution is -0.132. The van der Waals surface area contributed by atoms with Crippen molar-refractivity contribution in [3.05, 3.63) is 58.8 Å². The molecule has 0 N–H and O–H groups in total. The highest BCUT2D eigenvalue weighted by atomic mass is 16.6. The van der Waals surface area contributed by atoms with Crippen molar-refractivity contribution in [1.29, 1.82) is 0 Å². The van der Waals surface area contributed by atoms with Crippen LogP contribution in [0.5, 0.6) is 17.2 Å². The van der Waals surface area contributed by atoms with E-state index < -0.39 is 11.9 Å². The highest BCUT2D eigenvalue weighted by molar-refractivity contribution is 6.13. The average Bonchev–Trinajstić information content (AvgIpc) is 3.02. The lowest BCUT2D eigenvalue weighted by Gasteiger charge is -2.13. The summed E-state index contributed by atoms with van der Waals surface area (Å²) in [7, 11) is 2.88. The maximum atomic E-state index is 12.3. The Bertz CT molecular complexity index is 981. The van der Waals surface area contributed by atoms with Crippen molar-refractivity contribution in [3.63, 3.8) is 0 Å². The van der Waals surface area contributed by atoms with E-state index in [4.69, 9.17) is 18.9 Å². The van der Waals surface area contributed by atoms with Crippen molar-refractivity contribution in [3.8, 4) is 17.2 Å². The number of carbonyl (C=O) groups excluding carboxylic acids is 2. The van der Waals surface area contributed by atoms with Crippen LogP contribution in [0.1, 0.15) is 23.6 Å². The third kappa shape index (κ3) is 3.88. The lowest BCUT2D eigenvalue weighted by atomic mass is 10.1. The third-order valence-corrected chi connectivity index (χ3v) is 4.03. The average molecular weight is 381 g/mol. The largest absolute Gasteiger partial charge is 0.493 e. The van der Waals surface area contributed by atoms with Crippen LogP contribution in [0.2, 0.25) is 0 Å². The number of aryl methyl sites for hydroxylation is 1. The first-order chi connectivity index (χ1) is 13.4. The molecule has 0 fully saturated rings. The Morgan fingerprint density at radius 3 is 2.32 bits per heavy atom. The number of hydrogen-bond acceptors (Lipinski definition) is 7. The smallest absolute Gasteiger partial charge is 0.363 e. The van der Waals surface area contributed by atoms with Gasteiger partial charge in [-0.2, -0.15) is 0 Å². The third-order valence-electron chi connectivity index (χ3n) is 4.03. The van der Waals surface area contributed by atoms with E-state index in [0.717, 1.165) is 11.1 Å². The Morgan fingerprint density at radius 1 is 1.11 bits per heavy atom. The molecule has 1 aliphatic heterocycles. The van der Waals surface area contributed by atoms with E-state index in [1.165, 1.54) is 21.1 Å². The van der Waals surface area contributed by atoms with E-state index in [0.29, 0.717) is 5.56 Å². The number of benzene rings is 2. The molecule has 0 bridgehead atoms. The second-order valence-corrected chi connectivity index (χ2v) is 6.00. The normalized spacial score (nSPS) is 14.5. The Morgan fingerprint density at radius 2 is 1.75 bits per heavy atom. The molecule has 0 aromatic heterocycles. The number of aliphatic imine (C=N–C) groups is 1. The Kier molecular flexibility index (Phi) is 5.44. The Balaban J connectivity index is 2.02. The van der Waals surface area contributed by atoms with Gasteiger partial charge in [0, 0.05) is 12.5 Å². The van der Waals surface area contributed by atoms with Crippen molar-refractivity contribution in [1.82, 2.24) is 0 Å². The number of hydrogen-bond donors (Lipinski definition) is 0. The van der Waals surface area contributed by atoms with Crippen LogP contribution in [0.3, 0.4) is 0 Å². The van der Waals surface area contributed by atoms with Gasteiger partial charge in [0.1, 0.15) is 0 Å². The van der Waals surface area contributed by atoms with Crippen LogP contribution in [-0.4, -0.2) is 32.1 Å². The van der Waals surface area contributed by atoms with E-state index >= 15 is 0 Å². The number of cyclic esters (lactones) is 1. The molecule has 7 heteroatoms. The van der Waals surface area contributed by atoms with Crippen LogP contribution in [0, 0.1) is 6.92 Å². The highest BCUT2D eigenvalue weighted by Gasteiger charge is 2.25. The van der Waals surface area contributed by atoms with Gasteiger partial charge in [0.25, 0.3) is 0 Å². The van der Waals surface area contributed by atoms with Crippen molar-refractivity contribution < 1.29 is 28.5 Å². The number of ether oxygens (including phenoxy) is 4. The monoisotopic (exact) mass is 381 g/mol. The number of methoxy groups -OCH3 is 2. The maximum absolute atomic E-state index is 12.3. The molecule has 0 radical (unpaired) electrons. The van der Waals surface area contributed by atoms with Crippen LogP contribution in [0.15, 0.2) is 47.1 Å². The van der Waals surface area contributed by atoms with Crippen molar-refractivity contribution >= 4 is 23.9 Å². The predicted octanol–water partition coefficient (Wildman–Crippen LogP) is 3.28. The van der Waals surface area contributed by atoms with Gasteiger partial charge < -0.3 is 18.9 Å². The summed E-state index contributed by atoms with van der Waals surface area (Å²) in [6.07, 6.45) is 1.55. The molecule has 2 aromatic rings. The molecule has 1 heterocycles. The van der Waals surface area contributed by atoms with Gasteiger partial charge in [-0.15, -0.1) is 0 Å². The molecule has 2 aromatic carbocycles. The van der Waals surface area contributed by atoms with Crippen molar-refractivity contribution in [2.24, 2.45) is 4.99 Å². The van der Waals surface area contributed by atoms with Gasteiger partial charge in [0.05, 0.1) is 14.2 Å². The van der Waals surface area contributed by atoms with Gasteiger partial charge in [0.2, 0.25) is 11.6 Å². The minimum Gasteiger partial charge on any atom is -0.493 e. The summed E-state index contributed by atoms with van der Waals surface area (Å²) in [5, 5.41) is 0. The molecule has 7 nitrogen and oxygen atoms in total. The molecule has 0 saturated carbocycles. The van der Waals surface area contributed by atoms with Crippen LogP contribution < -0.4 is 14.2 Å². The molecule has 3 rings (SSSR count). The molecule has 0 spiro atoms. The fourth-order valence-electron chi connectivity index (χ4n) is 2.72. The molecule has 144 valence electrons. The zero-order valence-corrected chi connectivity index (χ0v) is 15.9. The molecule has 0 unspecified atom stereocenters. The molecule has 0 atom stereocenters. The zero-order chi connectivity index (χ0) is 20.3. The molecule has 0 amide bonds. The SMILES string of the molecule is COc1cc(/C=C2/N=C(c3ccccc3C)OC2=O)cc(OC)c1OC(C)=O. The van der Waals surface area contributed by atoms with Crippen LogP contribution in [-0.2, 0) is 14.3 Å². The van der Waals surface area contributed by atoms with E-state index in [1.54, 1.807) is 18.2 Å². The standard InChI is InChI=1S/C21H19NO6/c1-12-7-5-6-8-15(12)20-22-16(21(24)28-20)9-14-10-17(25-3)19(27-13(2)23)18(11-14)26-4/h5-11H,1-4H3/b16-9+. The fourth-order valence-corrected chi connectivity index (χ4v) is 2.72. The fraction of sp³-hybridized carbons (Fsp3) is 0.190. The minimum atomic E-state index is -0.555. The summed E-state index contributed by atoms with van der Waals surface area (Å²) < 4.78 is 21.1. The molecule has 0 aliphatic carbocycles. The number of rotatable bonds is 5. The molecule has 28 heavy (non-hydrogen) atoms. The van der Waals surface area contributed by atoms with Crippen LogP contribution >= 0.6 is 0 Å². The molecule has 1 aliphatic rings. The maximum Gasteiger partial charge on any atom is 0.363 e. The van der Waals surface area contributed by atoms with Gasteiger partial charge >= 0.3 is 11.9 Å². The van der Waals surface area contributed by atoms with E-state index in [1.807, 2.05) is 31.2 Å². The molecule has 0 saturated heterocycles. The second-order valence-electron chi connectivity index (χ2n) is 6.00. The minimum absolute atomic E-state index is 0.141. The van der Waals surface area contributed by atoms with Gasteiger partial charge in [-0.3, -0.25) is 4.79 Å². The number of esters is 2. The highest BCUT2D eigenvalue weighted by Crippen LogP contribution is 2.39. The van der Waals surface area contributed by atoms with Gasteiger partial charge in [0.15, 0.2) is 17.2 Å². The first-order valence-corrected chi connectivity index (χ1v) is 8.46. The van der Waals surface area contributed by atoms with Gasteiger partial charge in [-0.25, -0.2) is 9.79 Å². The molecular formula is C21H19NO6. The van der Waals surface area contributed by atoms with Crippen LogP contribution in [0.4, 0.5) is 0 Å². The van der Waals surface area contributed by atoms with E-state index in [-0.39, 0.29) is 28.8 Å². The summed E-state index contributed by atoms with van der Waals surface area (Å²) in [6.45, 7) is 3.20. The van der Waals surface area contributed by atoms with Crippen LogP contribution in [0.25, 0.3) is 6.08 Å². The summed E-state index contributed by atoms with van der Waals surface area (Å²) in [5.41, 5.74) is 2.41. The number of nitrogens with zero attached hydrogens (tertiary/aromatic N) is 1. The Labute approximate surface area is 162 Å². The topological polar surface area (TPSA) is 83.4 Å². The summed E-state index contributed by atoms with van der Waals surface area (Å²) >= 11 is 0. The van der Waals surface area contributed by atoms with Gasteiger partial charge in [-0.05, 0) is 42.3 Å². The Hall–Kier alpha value is -3.61. The second kappa shape index (κ2) is 7.96. The van der Waals surface area contributed by atoms with Gasteiger partial charge in [-0.1, -0.05) is 18.2 Å². The van der Waals surface area contributed by atoms with Crippen molar-refractivity contribution in [2.75, 3.05) is 14.2 Å². The van der Waals surface area contributed by atoms with E-state index in [9.17, 15) is 9.59 Å². The first-order valence-electron chi connectivity index (χ1n) is 8.46. The summed E-state index contributed by atoms with van der Waals surface area (Å²) in [5.74, 6) is -0.0656. The first kappa shape index (κ1) is 19.2. The lowest BCUT2D eigenvalue weighted by Crippen LogP contribution is -2.06. The zero-order valence-electron chi connectivity index (χ0n) is 15.9. The summed E-state index contributed by atoms with van der Waals surface area (Å²) in [6, 6.07) is 10.7. The quantitative estimate of drug-likeness (QED) is 0.449. The molecular weight excluding hydrogens is 362 g/mol. The number of carbonyl (C=O) groups is 2. The summed E-state index contributed by atoms with van der Waals surface area (Å²) in [4.78, 5) is 27.9. The predicted molar refractivity (Wildman–Crippen MR) is 103 cm³/mol. The van der Waals surface area contributed by atoms with Crippen molar-refractivity contribution in [2.45, 2.75) is 13.8 Å².